The molecule has 2 N–H and O–H groups in total. The summed E-state index contributed by atoms with van der Waals surface area (Å²) in [7, 11) is 0. The summed E-state index contributed by atoms with van der Waals surface area (Å²) in [6, 6.07) is 8.70. The van der Waals surface area contributed by atoms with Gasteiger partial charge in [-0.25, -0.2) is 0 Å². The summed E-state index contributed by atoms with van der Waals surface area (Å²) in [5.41, 5.74) is 0.961. The van der Waals surface area contributed by atoms with Crippen LogP contribution in [0.1, 0.15) is 35.0 Å². The fourth-order valence-electron chi connectivity index (χ4n) is 2.02. The molecule has 3 heterocycles. The molecule has 1 unspecified atom stereocenters. The summed E-state index contributed by atoms with van der Waals surface area (Å²) >= 11 is 0. The molecule has 0 bridgehead atoms. The number of amides is 1. The molecule has 0 aromatic carbocycles. The quantitative estimate of drug-likeness (QED) is 0.771. The van der Waals surface area contributed by atoms with Crippen LogP contribution in [-0.2, 0) is 0 Å². The van der Waals surface area contributed by atoms with Gasteiger partial charge in [-0.1, -0.05) is 0 Å². The first-order valence-corrected chi connectivity index (χ1v) is 6.60. The smallest absolute Gasteiger partial charge is 0.272 e. The minimum Gasteiger partial charge on any atom is -0.464 e. The van der Waals surface area contributed by atoms with Gasteiger partial charge in [0.05, 0.1) is 12.3 Å². The Bertz CT molecular complexity index is 740. The summed E-state index contributed by atoms with van der Waals surface area (Å²) < 4.78 is 10.7. The van der Waals surface area contributed by atoms with Crippen LogP contribution < -0.4 is 5.32 Å². The Labute approximate surface area is 121 Å². The average molecular weight is 285 g/mol. The predicted octanol–water partition coefficient (Wildman–Crippen LogP) is 3.06. The molecule has 0 radical (unpaired) electrons. The lowest BCUT2D eigenvalue weighted by Gasteiger charge is -2.09. The molecule has 0 aliphatic rings. The van der Waals surface area contributed by atoms with E-state index in [1.165, 1.54) is 0 Å². The Morgan fingerprint density at radius 2 is 2.24 bits per heavy atom. The van der Waals surface area contributed by atoms with Crippen LogP contribution in [0.5, 0.6) is 0 Å². The van der Waals surface area contributed by atoms with Crippen molar-refractivity contribution in [2.75, 3.05) is 0 Å². The summed E-state index contributed by atoms with van der Waals surface area (Å²) in [5, 5.41) is 9.61. The van der Waals surface area contributed by atoms with Gasteiger partial charge in [0.1, 0.15) is 17.2 Å². The number of carbonyl (C=O) groups is 1. The molecule has 3 aromatic rings. The van der Waals surface area contributed by atoms with Crippen molar-refractivity contribution in [3.8, 4) is 11.5 Å². The number of nitrogens with zero attached hydrogens (tertiary/aromatic N) is 1. The summed E-state index contributed by atoms with van der Waals surface area (Å²) in [4.78, 5) is 12.2. The number of carbonyl (C=O) groups excluding carboxylic acids is 1. The van der Waals surface area contributed by atoms with Gasteiger partial charge < -0.3 is 14.2 Å². The highest BCUT2D eigenvalue weighted by Gasteiger charge is 2.17. The summed E-state index contributed by atoms with van der Waals surface area (Å²) in [6.07, 6.45) is 1.57. The van der Waals surface area contributed by atoms with Crippen molar-refractivity contribution in [3.63, 3.8) is 0 Å². The molecule has 0 saturated carbocycles. The Morgan fingerprint density at radius 3 is 2.90 bits per heavy atom. The normalized spacial score (nSPS) is 12.3. The van der Waals surface area contributed by atoms with Gasteiger partial charge in [-0.2, -0.15) is 5.10 Å². The SMILES string of the molecule is Cc1ccc(C(C)NC(=O)c2cc(-c3ccco3)[nH]n2)o1. The second-order valence-electron chi connectivity index (χ2n) is 4.79. The lowest BCUT2D eigenvalue weighted by atomic mass is 10.2. The number of aromatic amines is 1. The van der Waals surface area contributed by atoms with E-state index in [4.69, 9.17) is 8.83 Å². The highest BCUT2D eigenvalue weighted by atomic mass is 16.3. The molecule has 0 fully saturated rings. The second kappa shape index (κ2) is 5.32. The Morgan fingerprint density at radius 1 is 1.38 bits per heavy atom. The topological polar surface area (TPSA) is 84.1 Å². The molecule has 1 atom stereocenters. The van der Waals surface area contributed by atoms with Crippen LogP contribution in [0.25, 0.3) is 11.5 Å². The monoisotopic (exact) mass is 285 g/mol. The Balaban J connectivity index is 1.71. The molecule has 3 rings (SSSR count). The third-order valence-electron chi connectivity index (χ3n) is 3.13. The first-order chi connectivity index (χ1) is 10.1. The zero-order valence-electron chi connectivity index (χ0n) is 11.7. The van der Waals surface area contributed by atoms with E-state index < -0.39 is 0 Å². The Kier molecular flexibility index (Phi) is 3.35. The first-order valence-electron chi connectivity index (χ1n) is 6.60. The lowest BCUT2D eigenvalue weighted by Crippen LogP contribution is -2.26. The Hall–Kier alpha value is -2.76. The van der Waals surface area contributed by atoms with Crippen LogP contribution in [0.4, 0.5) is 0 Å². The van der Waals surface area contributed by atoms with Gasteiger partial charge >= 0.3 is 0 Å². The maximum absolute atomic E-state index is 12.2. The van der Waals surface area contributed by atoms with Crippen LogP contribution >= 0.6 is 0 Å². The zero-order chi connectivity index (χ0) is 14.8. The van der Waals surface area contributed by atoms with Crippen LogP contribution in [0.15, 0.2) is 45.4 Å². The third-order valence-corrected chi connectivity index (χ3v) is 3.13. The molecule has 0 saturated heterocycles. The van der Waals surface area contributed by atoms with E-state index in [1.807, 2.05) is 26.0 Å². The van der Waals surface area contributed by atoms with Gasteiger partial charge in [0.15, 0.2) is 11.5 Å². The fourth-order valence-corrected chi connectivity index (χ4v) is 2.02. The van der Waals surface area contributed by atoms with Crippen LogP contribution in [0, 0.1) is 6.92 Å². The molecule has 0 aliphatic heterocycles. The number of rotatable bonds is 4. The molecule has 1 amide bonds. The van der Waals surface area contributed by atoms with Gasteiger partial charge in [0, 0.05) is 6.07 Å². The van der Waals surface area contributed by atoms with Crippen LogP contribution in [-0.4, -0.2) is 16.1 Å². The van der Waals surface area contributed by atoms with E-state index >= 15 is 0 Å². The van der Waals surface area contributed by atoms with Gasteiger partial charge in [0.2, 0.25) is 0 Å². The predicted molar refractivity (Wildman–Crippen MR) is 75.6 cm³/mol. The van der Waals surface area contributed by atoms with Gasteiger partial charge in [-0.05, 0) is 38.1 Å². The number of hydrogen-bond acceptors (Lipinski definition) is 4. The second-order valence-corrected chi connectivity index (χ2v) is 4.79. The van der Waals surface area contributed by atoms with E-state index in [0.717, 1.165) is 5.76 Å². The first kappa shape index (κ1) is 13.2. The van der Waals surface area contributed by atoms with Gasteiger partial charge in [-0.15, -0.1) is 0 Å². The number of furan rings is 2. The maximum Gasteiger partial charge on any atom is 0.272 e. The van der Waals surface area contributed by atoms with E-state index in [1.54, 1.807) is 24.5 Å². The molecule has 108 valence electrons. The van der Waals surface area contributed by atoms with Crippen LogP contribution in [0.2, 0.25) is 0 Å². The van der Waals surface area contributed by atoms with Crippen molar-refractivity contribution in [3.05, 3.63) is 53.8 Å². The fraction of sp³-hybridized carbons (Fsp3) is 0.200. The van der Waals surface area contributed by atoms with Crippen LogP contribution in [0.3, 0.4) is 0 Å². The molecular weight excluding hydrogens is 270 g/mol. The lowest BCUT2D eigenvalue weighted by molar-refractivity contribution is 0.0930. The van der Waals surface area contributed by atoms with E-state index in [2.05, 4.69) is 15.5 Å². The minimum absolute atomic E-state index is 0.227. The van der Waals surface area contributed by atoms with E-state index in [-0.39, 0.29) is 11.9 Å². The van der Waals surface area contributed by atoms with E-state index in [0.29, 0.717) is 22.9 Å². The van der Waals surface area contributed by atoms with Gasteiger partial charge in [-0.3, -0.25) is 9.89 Å². The van der Waals surface area contributed by atoms with Gasteiger partial charge in [0.25, 0.3) is 5.91 Å². The summed E-state index contributed by atoms with van der Waals surface area (Å²) in [6.45, 7) is 3.72. The standard InChI is InChI=1S/C15H15N3O3/c1-9-5-6-13(21-9)10(2)16-15(19)12-8-11(17-18-12)14-4-3-7-20-14/h3-8,10H,1-2H3,(H,16,19)(H,17,18). The van der Waals surface area contributed by atoms with Crippen molar-refractivity contribution >= 4 is 5.91 Å². The van der Waals surface area contributed by atoms with Crippen molar-refractivity contribution in [1.82, 2.24) is 15.5 Å². The molecular formula is C15H15N3O3. The molecule has 6 heteroatoms. The number of aromatic nitrogens is 2. The largest absolute Gasteiger partial charge is 0.464 e. The maximum atomic E-state index is 12.2. The third kappa shape index (κ3) is 2.74. The van der Waals surface area contributed by atoms with Crippen molar-refractivity contribution in [2.45, 2.75) is 19.9 Å². The average Bonchev–Trinajstić information content (AvgIpc) is 3.19. The minimum atomic E-state index is -0.273. The number of nitrogens with one attached hydrogen (secondary N) is 2. The highest BCUT2D eigenvalue weighted by molar-refractivity contribution is 5.93. The van der Waals surface area contributed by atoms with E-state index in [9.17, 15) is 4.79 Å². The molecule has 3 aromatic heterocycles. The molecule has 0 spiro atoms. The highest BCUT2D eigenvalue weighted by Crippen LogP contribution is 2.19. The number of H-pyrrole nitrogens is 1. The number of aryl methyl sites for hydroxylation is 1. The number of hydrogen-bond donors (Lipinski definition) is 2. The van der Waals surface area contributed by atoms with Crippen molar-refractivity contribution in [2.24, 2.45) is 0 Å². The van der Waals surface area contributed by atoms with Crippen molar-refractivity contribution in [1.29, 1.82) is 0 Å². The molecule has 0 aliphatic carbocycles. The van der Waals surface area contributed by atoms with Crippen molar-refractivity contribution < 1.29 is 13.6 Å². The summed E-state index contributed by atoms with van der Waals surface area (Å²) in [5.74, 6) is 1.88. The molecule has 21 heavy (non-hydrogen) atoms. The molecule has 6 nitrogen and oxygen atoms in total. The zero-order valence-corrected chi connectivity index (χ0v) is 11.7.